The average Bonchev–Trinajstić information content (AvgIpc) is 1.85. The first-order valence-electron chi connectivity index (χ1n) is 3.30. The minimum absolute atomic E-state index is 0.356. The van der Waals surface area contributed by atoms with Gasteiger partial charge in [0.1, 0.15) is 0 Å². The topological polar surface area (TPSA) is 17.1 Å². The molecule has 0 bridgehead atoms. The zero-order chi connectivity index (χ0) is 7.11. The van der Waals surface area contributed by atoms with Gasteiger partial charge in [-0.15, -0.1) is 0 Å². The summed E-state index contributed by atoms with van der Waals surface area (Å²) >= 11 is 3.38. The van der Waals surface area contributed by atoms with Crippen LogP contribution < -0.4 is 0 Å². The molecule has 0 heterocycles. The van der Waals surface area contributed by atoms with Crippen LogP contribution in [0.2, 0.25) is 0 Å². The Kier molecular flexibility index (Phi) is 6.38. The molecule has 0 rings (SSSR count). The average molecular weight is 192 g/mol. The van der Waals surface area contributed by atoms with Gasteiger partial charge in [-0.05, 0) is 6.42 Å². The summed E-state index contributed by atoms with van der Waals surface area (Å²) in [5, 5.41) is 0. The summed E-state index contributed by atoms with van der Waals surface area (Å²) in [6.07, 6.45) is 5.88. The van der Waals surface area contributed by atoms with Crippen molar-refractivity contribution < 1.29 is 4.79 Å². The summed E-state index contributed by atoms with van der Waals surface area (Å²) in [4.78, 5) is 10.2. The Bertz CT molecular complexity index is 73.3. The van der Waals surface area contributed by atoms with Crippen LogP contribution in [0.4, 0.5) is 0 Å². The van der Waals surface area contributed by atoms with E-state index in [1.165, 1.54) is 12.8 Å². The van der Waals surface area contributed by atoms with E-state index >= 15 is 0 Å². The van der Waals surface area contributed by atoms with E-state index in [9.17, 15) is 4.79 Å². The molecule has 0 saturated heterocycles. The number of carbonyl (C=O) groups excluding carboxylic acids is 1. The Morgan fingerprint density at radius 2 is 2.33 bits per heavy atom. The molecule has 0 aliphatic rings. The zero-order valence-electron chi connectivity index (χ0n) is 5.69. The van der Waals surface area contributed by atoms with Crippen LogP contribution in [0.1, 0.15) is 32.6 Å². The maximum Gasteiger partial charge on any atom is 0.199 e. The van der Waals surface area contributed by atoms with Crippen molar-refractivity contribution in [2.75, 3.05) is 0 Å². The van der Waals surface area contributed by atoms with Gasteiger partial charge < -0.3 is 0 Å². The normalized spacial score (nSPS) is 13.1. The Labute approximate surface area is 65.0 Å². The summed E-state index contributed by atoms with van der Waals surface area (Å²) < 4.78 is 0. The molecule has 0 N–H and O–H groups in total. The lowest BCUT2D eigenvalue weighted by atomic mass is 10.2. The molecule has 1 nitrogen and oxygen atoms in total. The highest BCUT2D eigenvalue weighted by atomic mass is 79.9. The fourth-order valence-electron chi connectivity index (χ4n) is 0.618. The first-order valence-corrected chi connectivity index (χ1v) is 4.22. The van der Waals surface area contributed by atoms with Crippen molar-refractivity contribution in [1.29, 1.82) is 0 Å². The van der Waals surface area contributed by atoms with Gasteiger partial charge in [-0.1, -0.05) is 35.7 Å². The molecule has 0 aromatic rings. The molecule has 1 radical (unpaired) electrons. The molecule has 0 aromatic carbocycles. The number of rotatable bonds is 5. The van der Waals surface area contributed by atoms with Gasteiger partial charge in [0.2, 0.25) is 0 Å². The lowest BCUT2D eigenvalue weighted by Gasteiger charge is -2.01. The second kappa shape index (κ2) is 6.27. The molecule has 1 unspecified atom stereocenters. The van der Waals surface area contributed by atoms with E-state index in [0.717, 1.165) is 6.42 Å². The molecule has 0 saturated carbocycles. The van der Waals surface area contributed by atoms with Gasteiger partial charge in [-0.3, -0.25) is 4.79 Å². The standard InChI is InChI=1S/C7H12BrO/c1-2-3-4-7(8)5-6-9/h7H,2-5H2,1H3. The van der Waals surface area contributed by atoms with Gasteiger partial charge in [-0.25, -0.2) is 0 Å². The number of alkyl halides is 1. The summed E-state index contributed by atoms with van der Waals surface area (Å²) in [6, 6.07) is 0. The smallest absolute Gasteiger partial charge is 0.199 e. The van der Waals surface area contributed by atoms with Crippen LogP contribution in [0, 0.1) is 0 Å². The first-order chi connectivity index (χ1) is 4.31. The van der Waals surface area contributed by atoms with E-state index in [-0.39, 0.29) is 0 Å². The van der Waals surface area contributed by atoms with E-state index in [4.69, 9.17) is 0 Å². The molecule has 0 aliphatic carbocycles. The summed E-state index contributed by atoms with van der Waals surface area (Å²) in [7, 11) is 0. The van der Waals surface area contributed by atoms with E-state index in [0.29, 0.717) is 11.2 Å². The quantitative estimate of drug-likeness (QED) is 0.611. The SMILES string of the molecule is CCCCC(Br)C[C]=O. The molecule has 0 aromatic heterocycles. The van der Waals surface area contributed by atoms with Crippen LogP contribution in [0.25, 0.3) is 0 Å². The summed E-state index contributed by atoms with van der Waals surface area (Å²) in [6.45, 7) is 2.14. The van der Waals surface area contributed by atoms with E-state index in [2.05, 4.69) is 22.9 Å². The highest BCUT2D eigenvalue weighted by Crippen LogP contribution is 2.11. The predicted octanol–water partition coefficient (Wildman–Crippen LogP) is 2.44. The fourth-order valence-corrected chi connectivity index (χ4v) is 1.07. The molecule has 0 aliphatic heterocycles. The molecule has 53 valence electrons. The van der Waals surface area contributed by atoms with Crippen LogP contribution in [0.15, 0.2) is 0 Å². The van der Waals surface area contributed by atoms with Crippen LogP contribution in [-0.4, -0.2) is 11.1 Å². The Morgan fingerprint density at radius 3 is 2.78 bits per heavy atom. The third kappa shape index (κ3) is 6.03. The van der Waals surface area contributed by atoms with Crippen molar-refractivity contribution in [2.24, 2.45) is 0 Å². The van der Waals surface area contributed by atoms with Crippen molar-refractivity contribution in [2.45, 2.75) is 37.4 Å². The number of hydrogen-bond acceptors (Lipinski definition) is 1. The molecule has 9 heavy (non-hydrogen) atoms. The van der Waals surface area contributed by atoms with Gasteiger partial charge in [0.25, 0.3) is 0 Å². The maximum atomic E-state index is 9.82. The largest absolute Gasteiger partial charge is 0.291 e. The Morgan fingerprint density at radius 1 is 1.67 bits per heavy atom. The van der Waals surface area contributed by atoms with Gasteiger partial charge in [-0.2, -0.15) is 0 Å². The fraction of sp³-hybridized carbons (Fsp3) is 0.857. The predicted molar refractivity (Wildman–Crippen MR) is 42.6 cm³/mol. The minimum atomic E-state index is 0.356. The third-order valence-electron chi connectivity index (χ3n) is 1.18. The Hall–Kier alpha value is 0.150. The van der Waals surface area contributed by atoms with Crippen molar-refractivity contribution in [3.05, 3.63) is 0 Å². The zero-order valence-corrected chi connectivity index (χ0v) is 7.28. The third-order valence-corrected chi connectivity index (χ3v) is 1.96. The van der Waals surface area contributed by atoms with E-state index in [1.807, 2.05) is 6.29 Å². The number of unbranched alkanes of at least 4 members (excludes halogenated alkanes) is 1. The van der Waals surface area contributed by atoms with Crippen LogP contribution in [-0.2, 0) is 4.79 Å². The van der Waals surface area contributed by atoms with Gasteiger partial charge in [0.05, 0.1) is 0 Å². The molecule has 0 fully saturated rings. The molecule has 2 heteroatoms. The van der Waals surface area contributed by atoms with Crippen LogP contribution in [0.5, 0.6) is 0 Å². The number of hydrogen-bond donors (Lipinski definition) is 0. The van der Waals surface area contributed by atoms with Crippen molar-refractivity contribution in [3.63, 3.8) is 0 Å². The van der Waals surface area contributed by atoms with Crippen molar-refractivity contribution in [1.82, 2.24) is 0 Å². The van der Waals surface area contributed by atoms with Gasteiger partial charge in [0, 0.05) is 11.2 Å². The molecule has 0 amide bonds. The van der Waals surface area contributed by atoms with Crippen LogP contribution >= 0.6 is 15.9 Å². The maximum absolute atomic E-state index is 9.82. The number of halogens is 1. The molecule has 0 spiro atoms. The summed E-state index contributed by atoms with van der Waals surface area (Å²) in [5.74, 6) is 0. The highest BCUT2D eigenvalue weighted by molar-refractivity contribution is 9.09. The monoisotopic (exact) mass is 191 g/mol. The lowest BCUT2D eigenvalue weighted by Crippen LogP contribution is -1.96. The molecular formula is C7H12BrO. The molecular weight excluding hydrogens is 180 g/mol. The van der Waals surface area contributed by atoms with Crippen LogP contribution in [0.3, 0.4) is 0 Å². The van der Waals surface area contributed by atoms with Crippen molar-refractivity contribution in [3.8, 4) is 0 Å². The van der Waals surface area contributed by atoms with E-state index < -0.39 is 0 Å². The van der Waals surface area contributed by atoms with E-state index in [1.54, 1.807) is 0 Å². The first kappa shape index (κ1) is 9.15. The molecule has 1 atom stereocenters. The second-order valence-corrected chi connectivity index (χ2v) is 3.38. The Balaban J connectivity index is 3.04. The van der Waals surface area contributed by atoms with Gasteiger partial charge >= 0.3 is 0 Å². The lowest BCUT2D eigenvalue weighted by molar-refractivity contribution is 0.547. The second-order valence-electron chi connectivity index (χ2n) is 2.09. The highest BCUT2D eigenvalue weighted by Gasteiger charge is 2.00. The van der Waals surface area contributed by atoms with Gasteiger partial charge in [0.15, 0.2) is 6.29 Å². The minimum Gasteiger partial charge on any atom is -0.291 e. The van der Waals surface area contributed by atoms with Crippen molar-refractivity contribution >= 4 is 22.2 Å². The summed E-state index contributed by atoms with van der Waals surface area (Å²) in [5.41, 5.74) is 0.